The third kappa shape index (κ3) is 3.49. The first kappa shape index (κ1) is 19.2. The van der Waals surface area contributed by atoms with Gasteiger partial charge in [-0.15, -0.1) is 0 Å². The van der Waals surface area contributed by atoms with Gasteiger partial charge in [0.15, 0.2) is 11.6 Å². The lowest BCUT2D eigenvalue weighted by Gasteiger charge is -2.14. The van der Waals surface area contributed by atoms with Crippen LogP contribution in [-0.4, -0.2) is 20.7 Å². The van der Waals surface area contributed by atoms with Crippen LogP contribution in [0, 0.1) is 6.92 Å². The highest BCUT2D eigenvalue weighted by Gasteiger charge is 2.24. The molecule has 6 nitrogen and oxygen atoms in total. The van der Waals surface area contributed by atoms with Crippen LogP contribution < -0.4 is 11.2 Å². The number of nitrogens with zero attached hydrogens (tertiary/aromatic N) is 2. The van der Waals surface area contributed by atoms with Crippen LogP contribution in [0.3, 0.4) is 0 Å². The highest BCUT2D eigenvalue weighted by molar-refractivity contribution is 6.10. The van der Waals surface area contributed by atoms with Gasteiger partial charge in [-0.1, -0.05) is 60.2 Å². The quantitative estimate of drug-likeness (QED) is 0.639. The van der Waals surface area contributed by atoms with E-state index in [1.807, 2.05) is 19.1 Å². The Hall–Kier alpha value is -3.54. The van der Waals surface area contributed by atoms with Gasteiger partial charge in [0.2, 0.25) is 0 Å². The number of benzene rings is 2. The molecular formula is C22H20N2O4. The molecule has 1 aromatic heterocycles. The van der Waals surface area contributed by atoms with E-state index < -0.39 is 17.0 Å². The minimum Gasteiger partial charge on any atom is -0.299 e. The van der Waals surface area contributed by atoms with Crippen LogP contribution in [0.5, 0.6) is 0 Å². The monoisotopic (exact) mass is 376 g/mol. The summed E-state index contributed by atoms with van der Waals surface area (Å²) in [6.07, 6.45) is -0.223. The van der Waals surface area contributed by atoms with Crippen molar-refractivity contribution in [2.24, 2.45) is 14.1 Å². The van der Waals surface area contributed by atoms with Crippen LogP contribution in [0.1, 0.15) is 37.5 Å². The number of hydrogen-bond acceptors (Lipinski definition) is 4. The molecule has 0 amide bonds. The highest BCUT2D eigenvalue weighted by Crippen LogP contribution is 2.14. The topological polar surface area (TPSA) is 78.1 Å². The number of rotatable bonds is 5. The predicted octanol–water partition coefficient (Wildman–Crippen LogP) is 2.05. The molecule has 0 radical (unpaired) electrons. The van der Waals surface area contributed by atoms with Gasteiger partial charge in [0.25, 0.3) is 5.56 Å². The van der Waals surface area contributed by atoms with E-state index in [-0.39, 0.29) is 23.5 Å². The van der Waals surface area contributed by atoms with Gasteiger partial charge >= 0.3 is 5.69 Å². The van der Waals surface area contributed by atoms with Gasteiger partial charge in [-0.25, -0.2) is 4.79 Å². The molecule has 0 aliphatic carbocycles. The molecule has 6 heteroatoms. The van der Waals surface area contributed by atoms with Crippen LogP contribution in [0.2, 0.25) is 0 Å². The first-order valence-electron chi connectivity index (χ1n) is 8.79. The summed E-state index contributed by atoms with van der Waals surface area (Å²) < 4.78 is 2.08. The van der Waals surface area contributed by atoms with Gasteiger partial charge in [0.1, 0.15) is 5.56 Å². The fourth-order valence-corrected chi connectivity index (χ4v) is 3.05. The average molecular weight is 376 g/mol. The van der Waals surface area contributed by atoms with Crippen LogP contribution in [0.4, 0.5) is 0 Å². The summed E-state index contributed by atoms with van der Waals surface area (Å²) in [4.78, 5) is 50.9. The largest absolute Gasteiger partial charge is 0.330 e. The van der Waals surface area contributed by atoms with E-state index in [1.54, 1.807) is 42.5 Å². The van der Waals surface area contributed by atoms with Gasteiger partial charge < -0.3 is 0 Å². The highest BCUT2D eigenvalue weighted by atomic mass is 16.2. The number of ketones is 2. The third-order valence-electron chi connectivity index (χ3n) is 4.75. The summed E-state index contributed by atoms with van der Waals surface area (Å²) in [5.74, 6) is -0.783. The maximum Gasteiger partial charge on any atom is 0.330 e. The molecule has 3 rings (SSSR count). The zero-order valence-electron chi connectivity index (χ0n) is 15.9. The fourth-order valence-electron chi connectivity index (χ4n) is 3.05. The van der Waals surface area contributed by atoms with Gasteiger partial charge in [-0.3, -0.25) is 23.5 Å². The number of aryl methyl sites for hydroxylation is 1. The minimum absolute atomic E-state index is 0.118. The summed E-state index contributed by atoms with van der Waals surface area (Å²) in [7, 11) is 2.78. The van der Waals surface area contributed by atoms with Gasteiger partial charge in [-0.05, 0) is 6.92 Å². The van der Waals surface area contributed by atoms with E-state index in [0.717, 1.165) is 10.1 Å². The van der Waals surface area contributed by atoms with Crippen LogP contribution in [-0.2, 0) is 20.5 Å². The standard InChI is InChI=1S/C22H20N2O4/c1-14-9-11-15(12-10-14)18(25)13-17-19(20(26)16-7-5-4-6-8-16)21(27)24(3)22(28)23(17)2/h4-12H,13H2,1-3H3. The average Bonchev–Trinajstić information content (AvgIpc) is 2.71. The van der Waals surface area contributed by atoms with E-state index in [1.165, 1.54) is 18.7 Å². The molecule has 0 aliphatic heterocycles. The maximum absolute atomic E-state index is 13.0. The van der Waals surface area contributed by atoms with Crippen molar-refractivity contribution in [2.45, 2.75) is 13.3 Å². The molecule has 0 bridgehead atoms. The third-order valence-corrected chi connectivity index (χ3v) is 4.75. The summed E-state index contributed by atoms with van der Waals surface area (Å²) in [5.41, 5.74) is 0.463. The zero-order chi connectivity index (χ0) is 20.4. The molecule has 0 fully saturated rings. The summed E-state index contributed by atoms with van der Waals surface area (Å²) in [6.45, 7) is 1.91. The Balaban J connectivity index is 2.15. The molecule has 0 aliphatic rings. The Labute approximate surface area is 161 Å². The molecule has 0 saturated carbocycles. The van der Waals surface area contributed by atoms with Crippen LogP contribution >= 0.6 is 0 Å². The summed E-state index contributed by atoms with van der Waals surface area (Å²) in [5, 5.41) is 0. The molecular weight excluding hydrogens is 356 g/mol. The Morgan fingerprint density at radius 3 is 2.04 bits per heavy atom. The van der Waals surface area contributed by atoms with E-state index in [2.05, 4.69) is 0 Å². The maximum atomic E-state index is 13.0. The van der Waals surface area contributed by atoms with E-state index in [0.29, 0.717) is 11.1 Å². The van der Waals surface area contributed by atoms with E-state index in [9.17, 15) is 19.2 Å². The van der Waals surface area contributed by atoms with Crippen LogP contribution in [0.15, 0.2) is 64.2 Å². The fraction of sp³-hybridized carbons (Fsp3) is 0.182. The second-order valence-electron chi connectivity index (χ2n) is 6.69. The number of carbonyl (C=O) groups is 2. The van der Waals surface area contributed by atoms with Crippen molar-refractivity contribution < 1.29 is 9.59 Å². The first-order chi connectivity index (χ1) is 13.3. The van der Waals surface area contributed by atoms with Crippen LogP contribution in [0.25, 0.3) is 0 Å². The smallest absolute Gasteiger partial charge is 0.299 e. The Bertz CT molecular complexity index is 1170. The van der Waals surface area contributed by atoms with Gasteiger partial charge in [-0.2, -0.15) is 0 Å². The van der Waals surface area contributed by atoms with Gasteiger partial charge in [0, 0.05) is 30.9 Å². The second kappa shape index (κ2) is 7.60. The van der Waals surface area contributed by atoms with E-state index >= 15 is 0 Å². The molecule has 3 aromatic rings. The first-order valence-corrected chi connectivity index (χ1v) is 8.79. The normalized spacial score (nSPS) is 10.7. The molecule has 2 aromatic carbocycles. The van der Waals surface area contributed by atoms with Crippen molar-refractivity contribution in [3.05, 3.63) is 103 Å². The summed E-state index contributed by atoms with van der Waals surface area (Å²) >= 11 is 0. The number of Topliss-reactive ketones (excluding diaryl/α,β-unsaturated/α-hetero) is 1. The Morgan fingerprint density at radius 2 is 1.43 bits per heavy atom. The van der Waals surface area contributed by atoms with Gasteiger partial charge in [0.05, 0.1) is 6.42 Å². The molecule has 0 atom stereocenters. The lowest BCUT2D eigenvalue weighted by Crippen LogP contribution is -2.43. The molecule has 0 unspecified atom stereocenters. The summed E-state index contributed by atoms with van der Waals surface area (Å²) in [6, 6.07) is 15.3. The minimum atomic E-state index is -0.705. The van der Waals surface area contributed by atoms with Crippen molar-refractivity contribution >= 4 is 11.6 Å². The van der Waals surface area contributed by atoms with Crippen molar-refractivity contribution in [3.63, 3.8) is 0 Å². The second-order valence-corrected chi connectivity index (χ2v) is 6.69. The molecule has 0 N–H and O–H groups in total. The Morgan fingerprint density at radius 1 is 0.821 bits per heavy atom. The molecule has 0 saturated heterocycles. The molecule has 142 valence electrons. The molecule has 0 spiro atoms. The molecule has 1 heterocycles. The molecule has 28 heavy (non-hydrogen) atoms. The SMILES string of the molecule is Cc1ccc(C(=O)Cc2c(C(=O)c3ccccc3)c(=O)n(C)c(=O)n2C)cc1. The van der Waals surface area contributed by atoms with Crippen molar-refractivity contribution in [1.29, 1.82) is 0 Å². The number of hydrogen-bond donors (Lipinski definition) is 0. The van der Waals surface area contributed by atoms with E-state index in [4.69, 9.17) is 0 Å². The van der Waals surface area contributed by atoms with Crippen molar-refractivity contribution in [2.75, 3.05) is 0 Å². The number of aromatic nitrogens is 2. The lowest BCUT2D eigenvalue weighted by molar-refractivity contribution is 0.0990. The Kier molecular flexibility index (Phi) is 5.22. The van der Waals surface area contributed by atoms with Crippen molar-refractivity contribution in [3.8, 4) is 0 Å². The number of carbonyl (C=O) groups excluding carboxylic acids is 2. The van der Waals surface area contributed by atoms with Crippen molar-refractivity contribution in [1.82, 2.24) is 9.13 Å². The predicted molar refractivity (Wildman–Crippen MR) is 106 cm³/mol. The zero-order valence-corrected chi connectivity index (χ0v) is 15.9. The lowest BCUT2D eigenvalue weighted by atomic mass is 9.98.